The van der Waals surface area contributed by atoms with Gasteiger partial charge in [-0.1, -0.05) is 0 Å². The topological polar surface area (TPSA) is 79.1 Å². The number of hydrogen-bond acceptors (Lipinski definition) is 7. The monoisotopic (exact) mass is 461 g/mol. The predicted molar refractivity (Wildman–Crippen MR) is 125 cm³/mol. The molecule has 2 fully saturated rings. The molecule has 0 spiro atoms. The van der Waals surface area contributed by atoms with E-state index in [-0.39, 0.29) is 17.7 Å². The van der Waals surface area contributed by atoms with Crippen molar-refractivity contribution in [3.05, 3.63) is 48.8 Å². The van der Waals surface area contributed by atoms with Crippen molar-refractivity contribution in [2.24, 2.45) is 0 Å². The highest BCUT2D eigenvalue weighted by Crippen LogP contribution is 2.34. The molecule has 0 saturated carbocycles. The van der Waals surface area contributed by atoms with E-state index in [4.69, 9.17) is 4.74 Å². The Morgan fingerprint density at radius 1 is 1.09 bits per heavy atom. The first-order valence-electron chi connectivity index (χ1n) is 11.2. The summed E-state index contributed by atoms with van der Waals surface area (Å²) in [5, 5.41) is 5.23. The van der Waals surface area contributed by atoms with Crippen LogP contribution in [-0.2, 0) is 4.79 Å². The van der Waals surface area contributed by atoms with E-state index in [1.165, 1.54) is 13.2 Å². The largest absolute Gasteiger partial charge is 0.494 e. The average molecular weight is 462 g/mol. The number of carbonyl (C=O) groups is 1. The van der Waals surface area contributed by atoms with Gasteiger partial charge in [0.2, 0.25) is 5.91 Å². The number of carbonyl (C=O) groups excluding carboxylic acids is 1. The summed E-state index contributed by atoms with van der Waals surface area (Å²) in [6, 6.07) is 4.80. The van der Waals surface area contributed by atoms with Crippen LogP contribution in [-0.4, -0.2) is 88.2 Å². The molecule has 1 unspecified atom stereocenters. The molecule has 3 aromatic heterocycles. The van der Waals surface area contributed by atoms with Gasteiger partial charge in [0.05, 0.1) is 43.4 Å². The van der Waals surface area contributed by atoms with Crippen LogP contribution in [0.2, 0.25) is 0 Å². The van der Waals surface area contributed by atoms with E-state index in [9.17, 15) is 9.18 Å². The Morgan fingerprint density at radius 2 is 1.91 bits per heavy atom. The molecule has 0 aliphatic carbocycles. The Hall–Kier alpha value is -3.63. The number of benzene rings is 1. The standard InChI is InChI=1S/C24H24FN7O2/c1-29-5-7-30(8-6-29)21-14-31(24(21)33)15-11-27-23-18(12-28-32(23)13-15)16-3-4-26-20-10-19(25)22(34-2)9-17(16)20/h3-4,9-13,21H,5-8,14H2,1-2H3. The van der Waals surface area contributed by atoms with Crippen LogP contribution >= 0.6 is 0 Å². The number of likely N-dealkylation sites (N-methyl/N-ethyl adjacent to an activating group) is 1. The Labute approximate surface area is 195 Å². The molecule has 1 atom stereocenters. The molecule has 0 N–H and O–H groups in total. The summed E-state index contributed by atoms with van der Waals surface area (Å²) >= 11 is 0. The minimum atomic E-state index is -0.462. The summed E-state index contributed by atoms with van der Waals surface area (Å²) in [5.74, 6) is -0.205. The van der Waals surface area contributed by atoms with Crippen LogP contribution in [0.15, 0.2) is 43.0 Å². The fraction of sp³-hybridized carbons (Fsp3) is 0.333. The molecule has 4 aromatic rings. The molecular weight excluding hydrogens is 437 g/mol. The number of fused-ring (bicyclic) bond motifs is 2. The molecule has 10 heteroatoms. The van der Waals surface area contributed by atoms with E-state index in [1.807, 2.05) is 12.3 Å². The van der Waals surface area contributed by atoms with E-state index in [1.54, 1.807) is 34.1 Å². The highest BCUT2D eigenvalue weighted by molar-refractivity contribution is 6.04. The van der Waals surface area contributed by atoms with Gasteiger partial charge in [-0.05, 0) is 24.7 Å². The van der Waals surface area contributed by atoms with Gasteiger partial charge in [-0.25, -0.2) is 13.9 Å². The third kappa shape index (κ3) is 3.29. The summed E-state index contributed by atoms with van der Waals surface area (Å²) in [6.45, 7) is 4.44. The van der Waals surface area contributed by atoms with Gasteiger partial charge in [0, 0.05) is 49.4 Å². The first-order valence-corrected chi connectivity index (χ1v) is 11.2. The third-order valence-electron chi connectivity index (χ3n) is 6.85. The highest BCUT2D eigenvalue weighted by atomic mass is 19.1. The zero-order valence-corrected chi connectivity index (χ0v) is 19.0. The minimum Gasteiger partial charge on any atom is -0.494 e. The van der Waals surface area contributed by atoms with Crippen molar-refractivity contribution in [3.63, 3.8) is 0 Å². The number of halogens is 1. The van der Waals surface area contributed by atoms with Crippen LogP contribution < -0.4 is 9.64 Å². The van der Waals surface area contributed by atoms with Crippen LogP contribution in [0, 0.1) is 5.82 Å². The van der Waals surface area contributed by atoms with Crippen molar-refractivity contribution in [3.8, 4) is 16.9 Å². The lowest BCUT2D eigenvalue weighted by Gasteiger charge is -2.46. The van der Waals surface area contributed by atoms with Gasteiger partial charge in [-0.15, -0.1) is 0 Å². The molecule has 0 radical (unpaired) electrons. The molecular formula is C24H24FN7O2. The molecule has 6 rings (SSSR count). The summed E-state index contributed by atoms with van der Waals surface area (Å²) in [6.07, 6.45) is 6.90. The van der Waals surface area contributed by atoms with Gasteiger partial charge in [-0.2, -0.15) is 5.10 Å². The van der Waals surface area contributed by atoms with E-state index in [0.29, 0.717) is 17.7 Å². The number of piperazine rings is 1. The SMILES string of the molecule is COc1cc2c(-c3cnn4cc(N5CC(N6CCN(C)CC6)C5=O)cnc34)ccnc2cc1F. The van der Waals surface area contributed by atoms with Crippen molar-refractivity contribution < 1.29 is 13.9 Å². The van der Waals surface area contributed by atoms with Crippen molar-refractivity contribution in [2.45, 2.75) is 6.04 Å². The van der Waals surface area contributed by atoms with Gasteiger partial charge < -0.3 is 14.5 Å². The van der Waals surface area contributed by atoms with Gasteiger partial charge in [0.25, 0.3) is 0 Å². The zero-order valence-electron chi connectivity index (χ0n) is 19.0. The molecule has 174 valence electrons. The van der Waals surface area contributed by atoms with Crippen molar-refractivity contribution >= 4 is 28.1 Å². The van der Waals surface area contributed by atoms with Crippen LogP contribution in [0.4, 0.5) is 10.1 Å². The lowest BCUT2D eigenvalue weighted by atomic mass is 10.0. The maximum atomic E-state index is 14.2. The summed E-state index contributed by atoms with van der Waals surface area (Å²) < 4.78 is 21.0. The van der Waals surface area contributed by atoms with E-state index >= 15 is 0 Å². The van der Waals surface area contributed by atoms with E-state index < -0.39 is 5.82 Å². The number of anilines is 1. The average Bonchev–Trinajstić information content (AvgIpc) is 3.26. The Bertz CT molecular complexity index is 1410. The van der Waals surface area contributed by atoms with Gasteiger partial charge in [-0.3, -0.25) is 14.7 Å². The zero-order chi connectivity index (χ0) is 23.4. The minimum absolute atomic E-state index is 0.0591. The molecule has 1 aromatic carbocycles. The first kappa shape index (κ1) is 20.9. The van der Waals surface area contributed by atoms with Crippen molar-refractivity contribution in [2.75, 3.05) is 51.8 Å². The van der Waals surface area contributed by atoms with Crippen LogP contribution in [0.5, 0.6) is 5.75 Å². The third-order valence-corrected chi connectivity index (χ3v) is 6.85. The van der Waals surface area contributed by atoms with Crippen LogP contribution in [0.1, 0.15) is 0 Å². The molecule has 9 nitrogen and oxygen atoms in total. The maximum Gasteiger partial charge on any atom is 0.246 e. The Morgan fingerprint density at radius 3 is 2.68 bits per heavy atom. The molecule has 2 aliphatic heterocycles. The lowest BCUT2D eigenvalue weighted by molar-refractivity contribution is -0.129. The fourth-order valence-corrected chi connectivity index (χ4v) is 4.78. The quantitative estimate of drug-likeness (QED) is 0.431. The molecule has 2 saturated heterocycles. The van der Waals surface area contributed by atoms with Gasteiger partial charge in [0.1, 0.15) is 6.04 Å². The Kier molecular flexibility index (Phi) is 4.93. The first-order chi connectivity index (χ1) is 16.5. The summed E-state index contributed by atoms with van der Waals surface area (Å²) in [7, 11) is 3.54. The number of amides is 1. The molecule has 5 heterocycles. The van der Waals surface area contributed by atoms with Crippen LogP contribution in [0.3, 0.4) is 0 Å². The summed E-state index contributed by atoms with van der Waals surface area (Å²) in [5.41, 5.74) is 3.50. The molecule has 2 aliphatic rings. The van der Waals surface area contributed by atoms with Crippen molar-refractivity contribution in [1.82, 2.24) is 29.4 Å². The van der Waals surface area contributed by atoms with E-state index in [0.717, 1.165) is 48.4 Å². The van der Waals surface area contributed by atoms with Gasteiger partial charge >= 0.3 is 0 Å². The normalized spacial score (nSPS) is 19.7. The van der Waals surface area contributed by atoms with Gasteiger partial charge in [0.15, 0.2) is 17.2 Å². The number of ether oxygens (including phenoxy) is 1. The second kappa shape index (κ2) is 8.00. The van der Waals surface area contributed by atoms with Crippen molar-refractivity contribution in [1.29, 1.82) is 0 Å². The van der Waals surface area contributed by atoms with E-state index in [2.05, 4.69) is 31.9 Å². The number of aromatic nitrogens is 4. The smallest absolute Gasteiger partial charge is 0.246 e. The lowest BCUT2D eigenvalue weighted by Crippen LogP contribution is -2.66. The number of β-lactam (4-membered cyclic amide) rings is 1. The fourth-order valence-electron chi connectivity index (χ4n) is 4.78. The maximum absolute atomic E-state index is 14.2. The number of methoxy groups -OCH3 is 1. The predicted octanol–water partition coefficient (Wildman–Crippen LogP) is 2.05. The second-order valence-corrected chi connectivity index (χ2v) is 8.80. The summed E-state index contributed by atoms with van der Waals surface area (Å²) in [4.78, 5) is 28.1. The number of rotatable bonds is 4. The van der Waals surface area contributed by atoms with Crippen LogP contribution in [0.25, 0.3) is 27.7 Å². The number of hydrogen-bond donors (Lipinski definition) is 0. The molecule has 34 heavy (non-hydrogen) atoms. The molecule has 1 amide bonds. The Balaban J connectivity index is 1.30. The molecule has 0 bridgehead atoms. The highest BCUT2D eigenvalue weighted by Gasteiger charge is 2.42. The number of nitrogens with zero attached hydrogens (tertiary/aromatic N) is 7. The second-order valence-electron chi connectivity index (χ2n) is 8.80. The number of pyridine rings is 1.